The molecule has 0 atom stereocenters. The van der Waals surface area contributed by atoms with Crippen molar-refractivity contribution in [1.82, 2.24) is 20.0 Å². The molecular formula is C14H11N5O2. The molecule has 0 bridgehead atoms. The molecule has 0 radical (unpaired) electrons. The van der Waals surface area contributed by atoms with Crippen LogP contribution in [0.15, 0.2) is 48.8 Å². The van der Waals surface area contributed by atoms with Crippen LogP contribution in [0.3, 0.4) is 0 Å². The highest BCUT2D eigenvalue weighted by Crippen LogP contribution is 2.24. The van der Waals surface area contributed by atoms with Crippen LogP contribution >= 0.6 is 0 Å². The van der Waals surface area contributed by atoms with Crippen LogP contribution in [0.4, 0.5) is 5.82 Å². The molecule has 0 spiro atoms. The Morgan fingerprint density at radius 3 is 2.38 bits per heavy atom. The van der Waals surface area contributed by atoms with Gasteiger partial charge in [-0.15, -0.1) is 5.10 Å². The molecule has 3 N–H and O–H groups in total. The second-order valence-electron chi connectivity index (χ2n) is 4.32. The average Bonchev–Trinajstić information content (AvgIpc) is 2.90. The molecule has 3 rings (SSSR count). The zero-order valence-electron chi connectivity index (χ0n) is 10.8. The molecular weight excluding hydrogens is 270 g/mol. The number of rotatable bonds is 3. The molecule has 2 aromatic heterocycles. The number of carbonyl (C=O) groups is 1. The van der Waals surface area contributed by atoms with Gasteiger partial charge >= 0.3 is 5.97 Å². The molecule has 104 valence electrons. The summed E-state index contributed by atoms with van der Waals surface area (Å²) in [6, 6.07) is 9.82. The van der Waals surface area contributed by atoms with Gasteiger partial charge in [0.2, 0.25) is 0 Å². The van der Waals surface area contributed by atoms with Gasteiger partial charge in [-0.05, 0) is 36.4 Å². The van der Waals surface area contributed by atoms with E-state index in [4.69, 9.17) is 10.8 Å². The zero-order valence-corrected chi connectivity index (χ0v) is 10.8. The first kappa shape index (κ1) is 12.8. The van der Waals surface area contributed by atoms with Gasteiger partial charge in [-0.3, -0.25) is 4.98 Å². The predicted molar refractivity (Wildman–Crippen MR) is 76.0 cm³/mol. The first-order chi connectivity index (χ1) is 10.2. The molecule has 7 nitrogen and oxygen atoms in total. The SMILES string of the molecule is Nc1c(-c2ccncc2)nnn1-c1ccc(C(=O)O)cc1. The summed E-state index contributed by atoms with van der Waals surface area (Å²) < 4.78 is 1.46. The molecule has 21 heavy (non-hydrogen) atoms. The summed E-state index contributed by atoms with van der Waals surface area (Å²) in [4.78, 5) is 14.8. The van der Waals surface area contributed by atoms with E-state index in [0.717, 1.165) is 5.56 Å². The number of pyridine rings is 1. The van der Waals surface area contributed by atoms with E-state index in [0.29, 0.717) is 17.2 Å². The first-order valence-electron chi connectivity index (χ1n) is 6.12. The largest absolute Gasteiger partial charge is 0.478 e. The van der Waals surface area contributed by atoms with Crippen molar-refractivity contribution in [3.63, 3.8) is 0 Å². The molecule has 0 fully saturated rings. The van der Waals surface area contributed by atoms with Crippen LogP contribution in [0.5, 0.6) is 0 Å². The van der Waals surface area contributed by atoms with Gasteiger partial charge in [0.25, 0.3) is 0 Å². The minimum Gasteiger partial charge on any atom is -0.478 e. The quantitative estimate of drug-likeness (QED) is 0.755. The number of carboxylic acid groups (broad SMARTS) is 1. The Balaban J connectivity index is 2.01. The molecule has 2 heterocycles. The molecule has 1 aromatic carbocycles. The highest BCUT2D eigenvalue weighted by atomic mass is 16.4. The highest BCUT2D eigenvalue weighted by Gasteiger charge is 2.13. The van der Waals surface area contributed by atoms with Crippen LogP contribution in [0.1, 0.15) is 10.4 Å². The van der Waals surface area contributed by atoms with Crippen molar-refractivity contribution in [3.8, 4) is 16.9 Å². The Kier molecular flexibility index (Phi) is 3.07. The summed E-state index contributed by atoms with van der Waals surface area (Å²) in [6.07, 6.45) is 3.30. The fourth-order valence-corrected chi connectivity index (χ4v) is 1.94. The van der Waals surface area contributed by atoms with Crippen LogP contribution in [0, 0.1) is 0 Å². The molecule has 0 aliphatic carbocycles. The molecule has 0 saturated carbocycles. The van der Waals surface area contributed by atoms with E-state index in [1.54, 1.807) is 36.7 Å². The van der Waals surface area contributed by atoms with Crippen LogP contribution in [-0.4, -0.2) is 31.1 Å². The molecule has 0 aliphatic heterocycles. The van der Waals surface area contributed by atoms with Gasteiger partial charge in [0.05, 0.1) is 11.3 Å². The molecule has 0 aliphatic rings. The van der Waals surface area contributed by atoms with Gasteiger partial charge in [0, 0.05) is 18.0 Å². The maximum atomic E-state index is 10.8. The van der Waals surface area contributed by atoms with Crippen molar-refractivity contribution < 1.29 is 9.90 Å². The summed E-state index contributed by atoms with van der Waals surface area (Å²) >= 11 is 0. The van der Waals surface area contributed by atoms with Crippen molar-refractivity contribution in [3.05, 3.63) is 54.4 Å². The van der Waals surface area contributed by atoms with Crippen molar-refractivity contribution >= 4 is 11.8 Å². The lowest BCUT2D eigenvalue weighted by Crippen LogP contribution is -2.03. The number of nitrogens with two attached hydrogens (primary N) is 1. The number of carboxylic acids is 1. The summed E-state index contributed by atoms with van der Waals surface area (Å²) in [5.41, 5.74) is 8.28. The van der Waals surface area contributed by atoms with Gasteiger partial charge in [-0.1, -0.05) is 5.21 Å². The fraction of sp³-hybridized carbons (Fsp3) is 0. The third kappa shape index (κ3) is 2.32. The van der Waals surface area contributed by atoms with Gasteiger partial charge in [-0.2, -0.15) is 4.68 Å². The summed E-state index contributed by atoms with van der Waals surface area (Å²) in [7, 11) is 0. The lowest BCUT2D eigenvalue weighted by molar-refractivity contribution is 0.0697. The molecule has 3 aromatic rings. The maximum Gasteiger partial charge on any atom is 0.335 e. The van der Waals surface area contributed by atoms with E-state index >= 15 is 0 Å². The van der Waals surface area contributed by atoms with Crippen LogP contribution in [0.25, 0.3) is 16.9 Å². The second-order valence-corrected chi connectivity index (χ2v) is 4.32. The number of hydrogen-bond acceptors (Lipinski definition) is 5. The average molecular weight is 281 g/mol. The third-order valence-electron chi connectivity index (χ3n) is 3.02. The lowest BCUT2D eigenvalue weighted by atomic mass is 10.2. The maximum absolute atomic E-state index is 10.8. The van der Waals surface area contributed by atoms with E-state index in [1.807, 2.05) is 0 Å². The standard InChI is InChI=1S/C14H11N5O2/c15-13-12(9-5-7-16-8-6-9)17-18-19(13)11-3-1-10(2-4-11)14(20)21/h1-8H,15H2,(H,20,21). The number of anilines is 1. The minimum absolute atomic E-state index is 0.201. The van der Waals surface area contributed by atoms with Crippen molar-refractivity contribution in [2.24, 2.45) is 0 Å². The monoisotopic (exact) mass is 281 g/mol. The third-order valence-corrected chi connectivity index (χ3v) is 3.02. The van der Waals surface area contributed by atoms with E-state index < -0.39 is 5.97 Å². The normalized spacial score (nSPS) is 10.5. The van der Waals surface area contributed by atoms with E-state index in [2.05, 4.69) is 15.3 Å². The van der Waals surface area contributed by atoms with Gasteiger partial charge in [0.1, 0.15) is 5.69 Å². The zero-order chi connectivity index (χ0) is 14.8. The molecule has 0 amide bonds. The predicted octanol–water partition coefficient (Wildman–Crippen LogP) is 1.61. The second kappa shape index (κ2) is 5.04. The van der Waals surface area contributed by atoms with Crippen LogP contribution < -0.4 is 5.73 Å². The van der Waals surface area contributed by atoms with E-state index in [9.17, 15) is 4.79 Å². The Hall–Kier alpha value is -3.22. The van der Waals surface area contributed by atoms with Gasteiger partial charge < -0.3 is 10.8 Å². The van der Waals surface area contributed by atoms with Gasteiger partial charge in [0.15, 0.2) is 5.82 Å². The Labute approximate surface area is 119 Å². The first-order valence-corrected chi connectivity index (χ1v) is 6.12. The Bertz CT molecular complexity index is 781. The van der Waals surface area contributed by atoms with Crippen LogP contribution in [-0.2, 0) is 0 Å². The highest BCUT2D eigenvalue weighted by molar-refractivity contribution is 5.87. The van der Waals surface area contributed by atoms with E-state index in [-0.39, 0.29) is 5.56 Å². The number of nitrogen functional groups attached to an aromatic ring is 1. The number of nitrogens with zero attached hydrogens (tertiary/aromatic N) is 4. The smallest absolute Gasteiger partial charge is 0.335 e. The minimum atomic E-state index is -0.981. The van der Waals surface area contributed by atoms with Crippen molar-refractivity contribution in [2.45, 2.75) is 0 Å². The number of aromatic carboxylic acids is 1. The van der Waals surface area contributed by atoms with Crippen molar-refractivity contribution in [2.75, 3.05) is 5.73 Å². The summed E-state index contributed by atoms with van der Waals surface area (Å²) in [5, 5.41) is 17.0. The number of aromatic nitrogens is 4. The van der Waals surface area contributed by atoms with Crippen molar-refractivity contribution in [1.29, 1.82) is 0 Å². The van der Waals surface area contributed by atoms with Crippen LogP contribution in [0.2, 0.25) is 0 Å². The van der Waals surface area contributed by atoms with E-state index in [1.165, 1.54) is 16.8 Å². The molecule has 0 saturated heterocycles. The lowest BCUT2D eigenvalue weighted by Gasteiger charge is -2.04. The number of benzene rings is 1. The summed E-state index contributed by atoms with van der Waals surface area (Å²) in [5.74, 6) is -0.602. The van der Waals surface area contributed by atoms with Gasteiger partial charge in [-0.25, -0.2) is 4.79 Å². The topological polar surface area (TPSA) is 107 Å². The Morgan fingerprint density at radius 1 is 1.10 bits per heavy atom. The summed E-state index contributed by atoms with van der Waals surface area (Å²) in [6.45, 7) is 0. The molecule has 7 heteroatoms. The number of hydrogen-bond donors (Lipinski definition) is 2. The molecule has 0 unspecified atom stereocenters. The fourth-order valence-electron chi connectivity index (χ4n) is 1.94. The Morgan fingerprint density at radius 2 is 1.76 bits per heavy atom.